The molecule has 12 heavy (non-hydrogen) atoms. The van der Waals surface area contributed by atoms with Gasteiger partial charge in [0.1, 0.15) is 11.6 Å². The quantitative estimate of drug-likeness (QED) is 0.564. The summed E-state index contributed by atoms with van der Waals surface area (Å²) in [6.45, 7) is 0. The maximum Gasteiger partial charge on any atom is 0.504 e. The molecule has 1 aromatic rings. The fourth-order valence-electron chi connectivity index (χ4n) is 0.684. The van der Waals surface area contributed by atoms with E-state index in [1.54, 1.807) is 0 Å². The lowest BCUT2D eigenvalue weighted by Gasteiger charge is -2.03. The van der Waals surface area contributed by atoms with E-state index in [0.717, 1.165) is 6.07 Å². The summed E-state index contributed by atoms with van der Waals surface area (Å²) in [6.07, 6.45) is 0. The van der Waals surface area contributed by atoms with Crippen LogP contribution in [-0.4, -0.2) is 12.7 Å². The van der Waals surface area contributed by atoms with Gasteiger partial charge >= 0.3 is 7.69 Å². The Labute approximate surface area is 73.0 Å². The first kappa shape index (κ1) is 9.28. The van der Waals surface area contributed by atoms with E-state index in [9.17, 15) is 8.78 Å². The molecule has 0 saturated heterocycles. The molecule has 0 amide bonds. The highest BCUT2D eigenvalue weighted by atomic mass is 35.5. The van der Waals surface area contributed by atoms with Gasteiger partial charge in [-0.15, -0.1) is 0 Å². The van der Waals surface area contributed by atoms with Crippen molar-refractivity contribution in [2.45, 2.75) is 0 Å². The van der Waals surface area contributed by atoms with Crippen LogP contribution in [0.3, 0.4) is 0 Å². The van der Waals surface area contributed by atoms with Crippen molar-refractivity contribution in [1.82, 2.24) is 0 Å². The van der Waals surface area contributed by atoms with Crippen molar-refractivity contribution < 1.29 is 18.5 Å². The second kappa shape index (κ2) is 3.73. The molecule has 1 aromatic carbocycles. The maximum atomic E-state index is 12.7. The summed E-state index contributed by atoms with van der Waals surface area (Å²) in [4.78, 5) is 0. The van der Waals surface area contributed by atoms with Crippen molar-refractivity contribution in [2.24, 2.45) is 0 Å². The van der Waals surface area contributed by atoms with Crippen molar-refractivity contribution in [3.05, 3.63) is 28.8 Å². The summed E-state index contributed by atoms with van der Waals surface area (Å²) in [5, 5.41) is 8.03. The van der Waals surface area contributed by atoms with Crippen LogP contribution < -0.4 is 4.65 Å². The molecule has 0 spiro atoms. The molecule has 0 heterocycles. The number of benzene rings is 1. The Balaban J connectivity index is 3.05. The van der Waals surface area contributed by atoms with Crippen LogP contribution in [-0.2, 0) is 0 Å². The predicted octanol–water partition coefficient (Wildman–Crippen LogP) is 1.26. The Morgan fingerprint density at radius 2 is 2.00 bits per heavy atom. The third kappa shape index (κ3) is 1.87. The van der Waals surface area contributed by atoms with Crippen LogP contribution in [0.1, 0.15) is 0 Å². The molecule has 0 fully saturated rings. The molecular weight excluding hydrogens is 188 g/mol. The molecule has 6 heteroatoms. The normalized spacial score (nSPS) is 9.67. The van der Waals surface area contributed by atoms with Crippen LogP contribution >= 0.6 is 11.6 Å². The van der Waals surface area contributed by atoms with Gasteiger partial charge in [-0.2, -0.15) is 0 Å². The van der Waals surface area contributed by atoms with Crippen molar-refractivity contribution in [3.8, 4) is 5.75 Å². The first-order valence-electron chi connectivity index (χ1n) is 3.03. The SMILES string of the molecule is OBOc1cc(Cl)c(F)cc1F. The number of halogens is 3. The fourth-order valence-corrected chi connectivity index (χ4v) is 0.838. The highest BCUT2D eigenvalue weighted by Crippen LogP contribution is 2.24. The molecule has 0 radical (unpaired) electrons. The largest absolute Gasteiger partial charge is 0.537 e. The van der Waals surface area contributed by atoms with Gasteiger partial charge < -0.3 is 9.68 Å². The van der Waals surface area contributed by atoms with Crippen LogP contribution in [0.5, 0.6) is 5.75 Å². The predicted molar refractivity (Wildman–Crippen MR) is 41.4 cm³/mol. The average molecular weight is 192 g/mol. The van der Waals surface area contributed by atoms with Gasteiger partial charge in [-0.1, -0.05) is 11.6 Å². The van der Waals surface area contributed by atoms with Crippen LogP contribution in [0.4, 0.5) is 8.78 Å². The van der Waals surface area contributed by atoms with Crippen LogP contribution in [0.25, 0.3) is 0 Å². The first-order chi connectivity index (χ1) is 5.65. The lowest BCUT2D eigenvalue weighted by molar-refractivity contribution is 0.429. The molecule has 1 rings (SSSR count). The van der Waals surface area contributed by atoms with Crippen LogP contribution in [0.2, 0.25) is 5.02 Å². The van der Waals surface area contributed by atoms with Gasteiger partial charge in [-0.05, 0) is 0 Å². The van der Waals surface area contributed by atoms with Crippen LogP contribution in [0, 0.1) is 11.6 Å². The molecule has 2 nitrogen and oxygen atoms in total. The van der Waals surface area contributed by atoms with Gasteiger partial charge in [-0.3, -0.25) is 0 Å². The molecule has 0 saturated carbocycles. The average Bonchev–Trinajstić information content (AvgIpc) is 2.01. The van der Waals surface area contributed by atoms with Gasteiger partial charge in [0.05, 0.1) is 5.02 Å². The minimum atomic E-state index is -0.897. The smallest absolute Gasteiger partial charge is 0.504 e. The van der Waals surface area contributed by atoms with E-state index in [1.807, 2.05) is 0 Å². The molecule has 0 aliphatic heterocycles. The summed E-state index contributed by atoms with van der Waals surface area (Å²) in [5.74, 6) is -2.03. The van der Waals surface area contributed by atoms with E-state index >= 15 is 0 Å². The van der Waals surface area contributed by atoms with Crippen molar-refractivity contribution in [3.63, 3.8) is 0 Å². The van der Waals surface area contributed by atoms with E-state index in [4.69, 9.17) is 16.6 Å². The summed E-state index contributed by atoms with van der Waals surface area (Å²) in [5.41, 5.74) is 0. The van der Waals surface area contributed by atoms with Crippen molar-refractivity contribution >= 4 is 19.3 Å². The molecular formula is C6H4BClF2O2. The fraction of sp³-hybridized carbons (Fsp3) is 0. The Hall–Kier alpha value is -0.805. The van der Waals surface area contributed by atoms with Crippen LogP contribution in [0.15, 0.2) is 12.1 Å². The topological polar surface area (TPSA) is 29.5 Å². The van der Waals surface area contributed by atoms with Crippen molar-refractivity contribution in [1.29, 1.82) is 0 Å². The summed E-state index contributed by atoms with van der Waals surface area (Å²) in [7, 11) is -0.682. The molecule has 0 aliphatic carbocycles. The van der Waals surface area contributed by atoms with Gasteiger partial charge in [-0.25, -0.2) is 8.78 Å². The number of hydrogen-bond donors (Lipinski definition) is 1. The first-order valence-corrected chi connectivity index (χ1v) is 3.41. The monoisotopic (exact) mass is 192 g/mol. The van der Waals surface area contributed by atoms with Gasteiger partial charge in [0.2, 0.25) is 0 Å². The second-order valence-corrected chi connectivity index (χ2v) is 2.38. The third-order valence-corrected chi connectivity index (χ3v) is 1.48. The molecule has 64 valence electrons. The highest BCUT2D eigenvalue weighted by molar-refractivity contribution is 6.31. The third-order valence-electron chi connectivity index (χ3n) is 1.19. The zero-order chi connectivity index (χ0) is 9.14. The Kier molecular flexibility index (Phi) is 2.89. The Bertz CT molecular complexity index is 295. The van der Waals surface area contributed by atoms with E-state index < -0.39 is 19.3 Å². The summed E-state index contributed by atoms with van der Waals surface area (Å²) >= 11 is 5.32. The van der Waals surface area contributed by atoms with Crippen molar-refractivity contribution in [2.75, 3.05) is 0 Å². The Morgan fingerprint density at radius 3 is 2.58 bits per heavy atom. The van der Waals surface area contributed by atoms with Gasteiger partial charge in [0.25, 0.3) is 0 Å². The molecule has 0 aromatic heterocycles. The molecule has 0 atom stereocenters. The molecule has 1 N–H and O–H groups in total. The zero-order valence-corrected chi connectivity index (χ0v) is 6.61. The van der Waals surface area contributed by atoms with Gasteiger partial charge in [0.15, 0.2) is 5.82 Å². The highest BCUT2D eigenvalue weighted by Gasteiger charge is 2.08. The number of rotatable bonds is 2. The van der Waals surface area contributed by atoms with E-state index in [0.29, 0.717) is 6.07 Å². The van der Waals surface area contributed by atoms with E-state index in [2.05, 4.69) is 4.65 Å². The Morgan fingerprint density at radius 1 is 1.33 bits per heavy atom. The lowest BCUT2D eigenvalue weighted by Crippen LogP contribution is -2.02. The minimum Gasteiger partial charge on any atom is -0.537 e. The van der Waals surface area contributed by atoms with E-state index in [1.165, 1.54) is 0 Å². The molecule has 0 unspecified atom stereocenters. The summed E-state index contributed by atoms with van der Waals surface area (Å²) in [6, 6.07) is 1.55. The number of hydrogen-bond acceptors (Lipinski definition) is 2. The van der Waals surface area contributed by atoms with E-state index in [-0.39, 0.29) is 10.8 Å². The summed E-state index contributed by atoms with van der Waals surface area (Å²) < 4.78 is 29.6. The maximum absolute atomic E-state index is 12.7. The van der Waals surface area contributed by atoms with Gasteiger partial charge in [0, 0.05) is 12.1 Å². The molecule has 0 bridgehead atoms. The second-order valence-electron chi connectivity index (χ2n) is 1.97. The molecule has 0 aliphatic rings. The minimum absolute atomic E-state index is 0.250. The zero-order valence-electron chi connectivity index (χ0n) is 5.85. The standard InChI is InChI=1S/C6H4BClF2O2/c8-3-1-6(12-7-11)5(10)2-4(3)9/h1-2,7,11H. The lowest BCUT2D eigenvalue weighted by atomic mass is 10.3.